The molecule has 1 aromatic heterocycles. The number of nitrogens with one attached hydrogen (secondary N) is 2. The average molecular weight is 353 g/mol. The van der Waals surface area contributed by atoms with Gasteiger partial charge in [-0.3, -0.25) is 10.2 Å². The standard InChI is InChI=1S/C16H23N3O6/c1-16(2,3)25-15(23)18-17-12-8-13(20)19(9-11(12)14(21)22)10-4-6-24-7-5-10/h8-10,17H,4-7H2,1-3H3,(H,18,23)(H,21,22). The van der Waals surface area contributed by atoms with E-state index in [1.807, 2.05) is 0 Å². The van der Waals surface area contributed by atoms with E-state index >= 15 is 0 Å². The van der Waals surface area contributed by atoms with Crippen LogP contribution in [-0.4, -0.2) is 40.6 Å². The maximum atomic E-state index is 12.3. The average Bonchev–Trinajstić information content (AvgIpc) is 2.52. The van der Waals surface area contributed by atoms with Gasteiger partial charge in [0.05, 0.1) is 5.69 Å². The number of amides is 1. The zero-order valence-corrected chi connectivity index (χ0v) is 14.5. The second kappa shape index (κ2) is 7.56. The van der Waals surface area contributed by atoms with E-state index in [0.717, 1.165) is 6.07 Å². The van der Waals surface area contributed by atoms with Crippen molar-refractivity contribution in [1.82, 2.24) is 9.99 Å². The quantitative estimate of drug-likeness (QED) is 0.706. The lowest BCUT2D eigenvalue weighted by Crippen LogP contribution is -2.37. The van der Waals surface area contributed by atoms with E-state index in [0.29, 0.717) is 26.1 Å². The Bertz CT molecular complexity index is 701. The van der Waals surface area contributed by atoms with Gasteiger partial charge in [0.2, 0.25) is 0 Å². The molecule has 3 N–H and O–H groups in total. The number of anilines is 1. The number of carboxylic acids is 1. The smallest absolute Gasteiger partial charge is 0.426 e. The van der Waals surface area contributed by atoms with Crippen LogP contribution in [0.15, 0.2) is 17.1 Å². The van der Waals surface area contributed by atoms with E-state index < -0.39 is 17.7 Å². The van der Waals surface area contributed by atoms with Crippen LogP contribution >= 0.6 is 0 Å². The van der Waals surface area contributed by atoms with Gasteiger partial charge in [0.25, 0.3) is 5.56 Å². The summed E-state index contributed by atoms with van der Waals surface area (Å²) in [6.45, 7) is 6.15. The summed E-state index contributed by atoms with van der Waals surface area (Å²) in [6.07, 6.45) is 1.79. The summed E-state index contributed by atoms with van der Waals surface area (Å²) < 4.78 is 11.7. The molecule has 0 aromatic carbocycles. The lowest BCUT2D eigenvalue weighted by Gasteiger charge is -2.25. The maximum Gasteiger partial charge on any atom is 0.426 e. The van der Waals surface area contributed by atoms with Crippen molar-refractivity contribution in [2.75, 3.05) is 18.6 Å². The summed E-state index contributed by atoms with van der Waals surface area (Å²) in [7, 11) is 0. The van der Waals surface area contributed by atoms with Gasteiger partial charge in [-0.2, -0.15) is 0 Å². The van der Waals surface area contributed by atoms with Crippen LogP contribution in [0.5, 0.6) is 0 Å². The molecule has 1 fully saturated rings. The molecule has 9 nitrogen and oxygen atoms in total. The predicted octanol–water partition coefficient (Wildman–Crippen LogP) is 1.75. The Morgan fingerprint density at radius 2 is 1.96 bits per heavy atom. The SMILES string of the molecule is CC(C)(C)OC(=O)NNc1cc(=O)n(C2CCOCC2)cc1C(=O)O. The van der Waals surface area contributed by atoms with E-state index in [1.54, 1.807) is 20.8 Å². The highest BCUT2D eigenvalue weighted by atomic mass is 16.6. The summed E-state index contributed by atoms with van der Waals surface area (Å²) in [5, 5.41) is 9.41. The van der Waals surface area contributed by atoms with Crippen LogP contribution in [-0.2, 0) is 9.47 Å². The van der Waals surface area contributed by atoms with Crippen LogP contribution in [0.3, 0.4) is 0 Å². The Labute approximate surface area is 144 Å². The van der Waals surface area contributed by atoms with Crippen molar-refractivity contribution >= 4 is 17.7 Å². The van der Waals surface area contributed by atoms with Crippen LogP contribution in [0.1, 0.15) is 50.0 Å². The van der Waals surface area contributed by atoms with Gasteiger partial charge in [-0.25, -0.2) is 15.0 Å². The van der Waals surface area contributed by atoms with E-state index in [1.165, 1.54) is 10.8 Å². The molecule has 138 valence electrons. The summed E-state index contributed by atoms with van der Waals surface area (Å²) in [6, 6.07) is 1.04. The van der Waals surface area contributed by atoms with Crippen LogP contribution in [0, 0.1) is 0 Å². The van der Waals surface area contributed by atoms with Gasteiger partial charge in [-0.1, -0.05) is 0 Å². The third kappa shape index (κ3) is 5.21. The van der Waals surface area contributed by atoms with Crippen molar-refractivity contribution < 1.29 is 24.2 Å². The fraction of sp³-hybridized carbons (Fsp3) is 0.562. The first kappa shape index (κ1) is 18.8. The van der Waals surface area contributed by atoms with Gasteiger partial charge in [0, 0.05) is 31.5 Å². The van der Waals surface area contributed by atoms with Gasteiger partial charge in [0.15, 0.2) is 0 Å². The zero-order chi connectivity index (χ0) is 18.6. The molecule has 2 heterocycles. The molecule has 0 spiro atoms. The molecule has 1 aliphatic heterocycles. The number of hydrogen-bond donors (Lipinski definition) is 3. The number of hydrogen-bond acceptors (Lipinski definition) is 6. The van der Waals surface area contributed by atoms with Crippen molar-refractivity contribution in [1.29, 1.82) is 0 Å². The fourth-order valence-corrected chi connectivity index (χ4v) is 2.49. The molecule has 25 heavy (non-hydrogen) atoms. The van der Waals surface area contributed by atoms with E-state index in [-0.39, 0.29) is 22.9 Å². The number of carboxylic acid groups (broad SMARTS) is 1. The van der Waals surface area contributed by atoms with Crippen LogP contribution in [0.2, 0.25) is 0 Å². The summed E-state index contributed by atoms with van der Waals surface area (Å²) >= 11 is 0. The molecule has 0 atom stereocenters. The fourth-order valence-electron chi connectivity index (χ4n) is 2.49. The first-order chi connectivity index (χ1) is 11.7. The van der Waals surface area contributed by atoms with Gasteiger partial charge in [0.1, 0.15) is 11.2 Å². The molecular formula is C16H23N3O6. The topological polar surface area (TPSA) is 119 Å². The third-order valence-corrected chi connectivity index (χ3v) is 3.59. The van der Waals surface area contributed by atoms with Crippen molar-refractivity contribution in [2.24, 2.45) is 0 Å². The minimum absolute atomic E-state index is 0.00771. The molecule has 1 saturated heterocycles. The number of nitrogens with zero attached hydrogens (tertiary/aromatic N) is 1. The predicted molar refractivity (Wildman–Crippen MR) is 89.7 cm³/mol. The van der Waals surface area contributed by atoms with Crippen molar-refractivity contribution in [3.8, 4) is 0 Å². The number of rotatable bonds is 4. The molecule has 0 bridgehead atoms. The van der Waals surface area contributed by atoms with Crippen LogP contribution in [0.25, 0.3) is 0 Å². The van der Waals surface area contributed by atoms with E-state index in [2.05, 4.69) is 10.9 Å². The first-order valence-corrected chi connectivity index (χ1v) is 7.99. The molecule has 1 aromatic rings. The maximum absolute atomic E-state index is 12.3. The Balaban J connectivity index is 2.20. The van der Waals surface area contributed by atoms with Gasteiger partial charge < -0.3 is 19.1 Å². The highest BCUT2D eigenvalue weighted by Crippen LogP contribution is 2.21. The van der Waals surface area contributed by atoms with Gasteiger partial charge in [-0.15, -0.1) is 0 Å². The zero-order valence-electron chi connectivity index (χ0n) is 14.5. The highest BCUT2D eigenvalue weighted by molar-refractivity contribution is 5.94. The highest BCUT2D eigenvalue weighted by Gasteiger charge is 2.21. The summed E-state index contributed by atoms with van der Waals surface area (Å²) in [5.74, 6) is -1.21. The number of ether oxygens (including phenoxy) is 2. The number of aromatic nitrogens is 1. The molecule has 1 amide bonds. The molecule has 0 radical (unpaired) electrons. The summed E-state index contributed by atoms with van der Waals surface area (Å²) in [4.78, 5) is 35.5. The molecule has 9 heteroatoms. The largest absolute Gasteiger partial charge is 0.478 e. The van der Waals surface area contributed by atoms with Crippen LogP contribution in [0.4, 0.5) is 10.5 Å². The second-order valence-electron chi connectivity index (χ2n) is 6.75. The number of carbonyl (C=O) groups excluding carboxylic acids is 1. The Kier molecular flexibility index (Phi) is 5.68. The molecule has 0 saturated carbocycles. The van der Waals surface area contributed by atoms with E-state index in [4.69, 9.17) is 9.47 Å². The lowest BCUT2D eigenvalue weighted by atomic mass is 10.1. The number of pyridine rings is 1. The van der Waals surface area contributed by atoms with Crippen LogP contribution < -0.4 is 16.4 Å². The van der Waals surface area contributed by atoms with Gasteiger partial charge in [-0.05, 0) is 33.6 Å². The number of aromatic carboxylic acids is 1. The molecule has 2 rings (SSSR count). The minimum atomic E-state index is -1.21. The number of hydrazine groups is 1. The first-order valence-electron chi connectivity index (χ1n) is 7.99. The lowest BCUT2D eigenvalue weighted by molar-refractivity contribution is 0.0538. The van der Waals surface area contributed by atoms with Crippen molar-refractivity contribution in [2.45, 2.75) is 45.3 Å². The van der Waals surface area contributed by atoms with Crippen molar-refractivity contribution in [3.63, 3.8) is 0 Å². The summed E-state index contributed by atoms with van der Waals surface area (Å²) in [5.41, 5.74) is 3.49. The Morgan fingerprint density at radius 1 is 1.32 bits per heavy atom. The third-order valence-electron chi connectivity index (χ3n) is 3.59. The van der Waals surface area contributed by atoms with E-state index in [9.17, 15) is 19.5 Å². The number of carbonyl (C=O) groups is 2. The normalized spacial score (nSPS) is 15.5. The second-order valence-corrected chi connectivity index (χ2v) is 6.75. The molecule has 0 unspecified atom stereocenters. The molecular weight excluding hydrogens is 330 g/mol. The minimum Gasteiger partial charge on any atom is -0.478 e. The Morgan fingerprint density at radius 3 is 2.52 bits per heavy atom. The van der Waals surface area contributed by atoms with Gasteiger partial charge >= 0.3 is 12.1 Å². The monoisotopic (exact) mass is 353 g/mol. The van der Waals surface area contributed by atoms with Crippen molar-refractivity contribution in [3.05, 3.63) is 28.2 Å². The molecule has 1 aliphatic rings. The molecule has 0 aliphatic carbocycles. The Hall–Kier alpha value is -2.55.